The Morgan fingerprint density at radius 2 is 2.35 bits per heavy atom. The second kappa shape index (κ2) is 4.88. The monoisotopic (exact) mass is 270 g/mol. The molecule has 1 aromatic rings. The molecule has 0 amide bonds. The molecule has 0 spiro atoms. The van der Waals surface area contributed by atoms with Gasteiger partial charge < -0.3 is 5.32 Å². The maximum absolute atomic E-state index is 6.04. The third kappa shape index (κ3) is 2.26. The summed E-state index contributed by atoms with van der Waals surface area (Å²) in [5.41, 5.74) is 0. The lowest BCUT2D eigenvalue weighted by molar-refractivity contribution is 0.0863. The van der Waals surface area contributed by atoms with Crippen LogP contribution in [0.25, 0.3) is 0 Å². The Labute approximate surface area is 112 Å². The fourth-order valence-corrected chi connectivity index (χ4v) is 4.43. The average Bonchev–Trinajstić information content (AvgIpc) is 2.95. The van der Waals surface area contributed by atoms with Gasteiger partial charge in [-0.05, 0) is 50.9 Å². The quantitative estimate of drug-likeness (QED) is 0.888. The Hall–Kier alpha value is -0.0900. The van der Waals surface area contributed by atoms with E-state index in [0.29, 0.717) is 6.04 Å². The number of nitrogens with one attached hydrogen (secondary N) is 1. The van der Waals surface area contributed by atoms with Gasteiger partial charge in [0, 0.05) is 23.5 Å². The van der Waals surface area contributed by atoms with Crippen LogP contribution in [0.4, 0.5) is 0 Å². The lowest BCUT2D eigenvalue weighted by Crippen LogP contribution is -2.45. The molecule has 3 rings (SSSR count). The van der Waals surface area contributed by atoms with Gasteiger partial charge in [0.05, 0.1) is 4.34 Å². The van der Waals surface area contributed by atoms with E-state index in [1.54, 1.807) is 11.3 Å². The Bertz CT molecular complexity index is 393. The Morgan fingerprint density at radius 1 is 1.47 bits per heavy atom. The predicted molar refractivity (Wildman–Crippen MR) is 73.8 cm³/mol. The van der Waals surface area contributed by atoms with Gasteiger partial charge in [-0.15, -0.1) is 11.3 Å². The fourth-order valence-electron chi connectivity index (χ4n) is 3.30. The lowest BCUT2D eigenvalue weighted by Gasteiger charge is -2.40. The predicted octanol–water partition coefficient (Wildman–Crippen LogP) is 3.15. The van der Waals surface area contributed by atoms with E-state index in [2.05, 4.69) is 23.2 Å². The third-order valence-electron chi connectivity index (χ3n) is 4.22. The zero-order valence-corrected chi connectivity index (χ0v) is 11.7. The molecule has 94 valence electrons. The van der Waals surface area contributed by atoms with Crippen LogP contribution in [0.5, 0.6) is 0 Å². The smallest absolute Gasteiger partial charge is 0.0931 e. The maximum Gasteiger partial charge on any atom is 0.0931 e. The minimum atomic E-state index is 0.514. The second-order valence-corrected chi connectivity index (χ2v) is 6.93. The number of rotatable bonds is 2. The van der Waals surface area contributed by atoms with Crippen LogP contribution in [-0.2, 0) is 0 Å². The number of halogens is 1. The van der Waals surface area contributed by atoms with Crippen LogP contribution >= 0.6 is 22.9 Å². The zero-order valence-electron chi connectivity index (χ0n) is 10.2. The molecule has 0 aromatic carbocycles. The summed E-state index contributed by atoms with van der Waals surface area (Å²) in [5.74, 6) is 0.863. The van der Waals surface area contributed by atoms with E-state index >= 15 is 0 Å². The van der Waals surface area contributed by atoms with Crippen molar-refractivity contribution in [3.05, 3.63) is 21.3 Å². The van der Waals surface area contributed by atoms with Gasteiger partial charge in [-0.3, -0.25) is 4.90 Å². The van der Waals surface area contributed by atoms with Crippen molar-refractivity contribution >= 4 is 22.9 Å². The van der Waals surface area contributed by atoms with Crippen LogP contribution in [0.1, 0.15) is 30.7 Å². The summed E-state index contributed by atoms with van der Waals surface area (Å²) in [5, 5.41) is 3.54. The first-order valence-corrected chi connectivity index (χ1v) is 7.67. The summed E-state index contributed by atoms with van der Waals surface area (Å²) in [6.45, 7) is 5.93. The van der Waals surface area contributed by atoms with Gasteiger partial charge in [-0.1, -0.05) is 11.6 Å². The molecule has 3 heterocycles. The number of nitrogens with zero attached hydrogens (tertiary/aromatic N) is 1. The van der Waals surface area contributed by atoms with Crippen molar-refractivity contribution in [2.45, 2.75) is 31.8 Å². The maximum atomic E-state index is 6.04. The molecule has 0 aliphatic carbocycles. The summed E-state index contributed by atoms with van der Waals surface area (Å²) in [4.78, 5) is 4.08. The molecular formula is C13H19ClN2S. The van der Waals surface area contributed by atoms with Crippen molar-refractivity contribution in [3.8, 4) is 0 Å². The van der Waals surface area contributed by atoms with Crippen molar-refractivity contribution in [3.63, 3.8) is 0 Å². The summed E-state index contributed by atoms with van der Waals surface area (Å²) in [7, 11) is 0. The highest BCUT2D eigenvalue weighted by molar-refractivity contribution is 7.16. The van der Waals surface area contributed by atoms with Crippen molar-refractivity contribution < 1.29 is 0 Å². The molecular weight excluding hydrogens is 252 g/mol. The molecule has 4 heteroatoms. The highest BCUT2D eigenvalue weighted by Gasteiger charge is 2.37. The van der Waals surface area contributed by atoms with Gasteiger partial charge in [0.1, 0.15) is 0 Å². The SMILES string of the molecule is CC(c1ccc(Cl)s1)N1CCCC2CNCC21. The van der Waals surface area contributed by atoms with Crippen LogP contribution < -0.4 is 5.32 Å². The molecule has 3 atom stereocenters. The molecule has 1 N–H and O–H groups in total. The topological polar surface area (TPSA) is 15.3 Å². The van der Waals surface area contributed by atoms with Crippen LogP contribution in [0.2, 0.25) is 4.34 Å². The van der Waals surface area contributed by atoms with Crippen LogP contribution in [0.3, 0.4) is 0 Å². The Balaban J connectivity index is 1.78. The molecule has 17 heavy (non-hydrogen) atoms. The van der Waals surface area contributed by atoms with Crippen LogP contribution in [-0.4, -0.2) is 30.6 Å². The van der Waals surface area contributed by atoms with Gasteiger partial charge >= 0.3 is 0 Å². The largest absolute Gasteiger partial charge is 0.315 e. The number of piperidine rings is 1. The average molecular weight is 271 g/mol. The summed E-state index contributed by atoms with van der Waals surface area (Å²) >= 11 is 7.77. The van der Waals surface area contributed by atoms with Crippen LogP contribution in [0, 0.1) is 5.92 Å². The minimum Gasteiger partial charge on any atom is -0.315 e. The van der Waals surface area contributed by atoms with E-state index in [4.69, 9.17) is 11.6 Å². The fraction of sp³-hybridized carbons (Fsp3) is 0.692. The molecule has 0 radical (unpaired) electrons. The Kier molecular flexibility index (Phi) is 3.44. The van der Waals surface area contributed by atoms with Gasteiger partial charge in [-0.2, -0.15) is 0 Å². The summed E-state index contributed by atoms with van der Waals surface area (Å²) in [6.07, 6.45) is 2.73. The lowest BCUT2D eigenvalue weighted by atomic mass is 9.91. The number of fused-ring (bicyclic) bond motifs is 1. The highest BCUT2D eigenvalue weighted by Crippen LogP contribution is 2.36. The molecule has 2 saturated heterocycles. The van der Waals surface area contributed by atoms with Crippen molar-refractivity contribution in [2.75, 3.05) is 19.6 Å². The first kappa shape index (κ1) is 12.0. The van der Waals surface area contributed by atoms with E-state index < -0.39 is 0 Å². The number of likely N-dealkylation sites (tertiary alicyclic amines) is 1. The van der Waals surface area contributed by atoms with Crippen LogP contribution in [0.15, 0.2) is 12.1 Å². The molecule has 2 aliphatic heterocycles. The van der Waals surface area contributed by atoms with E-state index in [0.717, 1.165) is 22.8 Å². The molecule has 0 saturated carbocycles. The molecule has 0 bridgehead atoms. The summed E-state index contributed by atoms with van der Waals surface area (Å²) < 4.78 is 0.907. The molecule has 2 aliphatic rings. The first-order chi connectivity index (χ1) is 8.25. The highest BCUT2D eigenvalue weighted by atomic mass is 35.5. The number of thiophene rings is 1. The molecule has 2 fully saturated rings. The van der Waals surface area contributed by atoms with E-state index in [9.17, 15) is 0 Å². The molecule has 2 nitrogen and oxygen atoms in total. The van der Waals surface area contributed by atoms with Gasteiger partial charge in [0.2, 0.25) is 0 Å². The normalized spacial score (nSPS) is 31.4. The minimum absolute atomic E-state index is 0.514. The number of hydrogen-bond donors (Lipinski definition) is 1. The first-order valence-electron chi connectivity index (χ1n) is 6.47. The van der Waals surface area contributed by atoms with E-state index in [-0.39, 0.29) is 0 Å². The molecule has 3 unspecified atom stereocenters. The summed E-state index contributed by atoms with van der Waals surface area (Å²) in [6, 6.07) is 5.45. The van der Waals surface area contributed by atoms with E-state index in [1.807, 2.05) is 6.07 Å². The van der Waals surface area contributed by atoms with Crippen molar-refractivity contribution in [2.24, 2.45) is 5.92 Å². The van der Waals surface area contributed by atoms with Crippen molar-refractivity contribution in [1.82, 2.24) is 10.2 Å². The number of hydrogen-bond acceptors (Lipinski definition) is 3. The van der Waals surface area contributed by atoms with E-state index in [1.165, 1.54) is 30.8 Å². The van der Waals surface area contributed by atoms with Crippen molar-refractivity contribution in [1.29, 1.82) is 0 Å². The second-order valence-electron chi connectivity index (χ2n) is 5.18. The molecule has 1 aromatic heterocycles. The van der Waals surface area contributed by atoms with Gasteiger partial charge in [0.25, 0.3) is 0 Å². The zero-order chi connectivity index (χ0) is 11.8. The van der Waals surface area contributed by atoms with Gasteiger partial charge in [0.15, 0.2) is 0 Å². The standard InChI is InChI=1S/C13H19ClN2S/c1-9(12-4-5-13(14)17-12)16-6-2-3-10-7-15-8-11(10)16/h4-5,9-11,15H,2-3,6-8H2,1H3. The third-order valence-corrected chi connectivity index (χ3v) is 5.63. The Morgan fingerprint density at radius 3 is 3.12 bits per heavy atom. The van der Waals surface area contributed by atoms with Gasteiger partial charge in [-0.25, -0.2) is 0 Å².